The predicted molar refractivity (Wildman–Crippen MR) is 111 cm³/mol. The first-order valence-corrected chi connectivity index (χ1v) is 9.46. The van der Waals surface area contributed by atoms with Crippen molar-refractivity contribution in [1.82, 2.24) is 14.8 Å². The number of nitrogens with zero attached hydrogens (tertiary/aromatic N) is 3. The van der Waals surface area contributed by atoms with Gasteiger partial charge < -0.3 is 15.1 Å². The molecule has 29 heavy (non-hydrogen) atoms. The molecule has 7 nitrogen and oxygen atoms in total. The largest absolute Gasteiger partial charge is 0.357 e. The van der Waals surface area contributed by atoms with E-state index >= 15 is 0 Å². The lowest BCUT2D eigenvalue weighted by Gasteiger charge is -2.32. The van der Waals surface area contributed by atoms with Crippen molar-refractivity contribution in [3.05, 3.63) is 59.9 Å². The highest BCUT2D eigenvalue weighted by Gasteiger charge is 2.28. The number of anilines is 1. The summed E-state index contributed by atoms with van der Waals surface area (Å²) >= 11 is 0. The van der Waals surface area contributed by atoms with Gasteiger partial charge in [-0.3, -0.25) is 14.4 Å². The SMILES string of the molecule is CN(C)C(=O)C1=C(C=O)CCCN1CC(=O)Nc1ccc(-c2ccccc2)cn1. The first-order chi connectivity index (χ1) is 14.0. The van der Waals surface area contributed by atoms with E-state index in [-0.39, 0.29) is 18.4 Å². The summed E-state index contributed by atoms with van der Waals surface area (Å²) in [5.74, 6) is -0.127. The molecule has 0 bridgehead atoms. The van der Waals surface area contributed by atoms with Crippen LogP contribution in [-0.2, 0) is 14.4 Å². The van der Waals surface area contributed by atoms with Gasteiger partial charge in [-0.2, -0.15) is 0 Å². The molecule has 0 saturated heterocycles. The molecule has 1 aromatic carbocycles. The molecule has 0 saturated carbocycles. The number of nitrogens with one attached hydrogen (secondary N) is 1. The molecule has 1 aromatic heterocycles. The zero-order valence-corrected chi connectivity index (χ0v) is 16.6. The molecule has 0 fully saturated rings. The van der Waals surface area contributed by atoms with Crippen molar-refractivity contribution in [2.24, 2.45) is 0 Å². The smallest absolute Gasteiger partial charge is 0.270 e. The highest BCUT2D eigenvalue weighted by molar-refractivity contribution is 6.00. The van der Waals surface area contributed by atoms with E-state index in [0.29, 0.717) is 36.3 Å². The summed E-state index contributed by atoms with van der Waals surface area (Å²) in [6.45, 7) is 0.522. The fraction of sp³-hybridized carbons (Fsp3) is 0.273. The molecule has 2 amide bonds. The van der Waals surface area contributed by atoms with Crippen LogP contribution in [0, 0.1) is 0 Å². The van der Waals surface area contributed by atoms with Crippen molar-refractivity contribution >= 4 is 23.9 Å². The maximum absolute atomic E-state index is 12.5. The summed E-state index contributed by atoms with van der Waals surface area (Å²) in [6, 6.07) is 13.5. The third kappa shape index (κ3) is 4.87. The van der Waals surface area contributed by atoms with Crippen LogP contribution in [0.2, 0.25) is 0 Å². The third-order valence-corrected chi connectivity index (χ3v) is 4.72. The number of aromatic nitrogens is 1. The lowest BCUT2D eigenvalue weighted by Crippen LogP contribution is -2.42. The second-order valence-corrected chi connectivity index (χ2v) is 7.06. The van der Waals surface area contributed by atoms with Crippen LogP contribution in [0.5, 0.6) is 0 Å². The van der Waals surface area contributed by atoms with Gasteiger partial charge in [0.15, 0.2) is 0 Å². The monoisotopic (exact) mass is 392 g/mol. The highest BCUT2D eigenvalue weighted by atomic mass is 16.2. The second kappa shape index (κ2) is 9.14. The van der Waals surface area contributed by atoms with Crippen LogP contribution < -0.4 is 5.32 Å². The number of benzene rings is 1. The average Bonchev–Trinajstić information content (AvgIpc) is 2.74. The molecule has 0 radical (unpaired) electrons. The van der Waals surface area contributed by atoms with Gasteiger partial charge in [-0.05, 0) is 30.5 Å². The van der Waals surface area contributed by atoms with Gasteiger partial charge in [-0.15, -0.1) is 0 Å². The minimum atomic E-state index is -0.291. The lowest BCUT2D eigenvalue weighted by molar-refractivity contribution is -0.127. The number of carbonyl (C=O) groups is 3. The standard InChI is InChI=1S/C22H24N4O3/c1-25(2)22(29)21-18(15-27)9-6-12-26(21)14-20(28)24-19-11-10-17(13-23-19)16-7-4-3-5-8-16/h3-5,7-8,10-11,13,15H,6,9,12,14H2,1-2H3,(H,23,24,28). The van der Waals surface area contributed by atoms with E-state index in [1.165, 1.54) is 4.90 Å². The summed E-state index contributed by atoms with van der Waals surface area (Å²) in [5.41, 5.74) is 2.74. The number of hydrogen-bond acceptors (Lipinski definition) is 5. The number of pyridine rings is 1. The Balaban J connectivity index is 1.69. The molecule has 0 atom stereocenters. The Labute approximate surface area is 170 Å². The van der Waals surface area contributed by atoms with E-state index in [2.05, 4.69) is 10.3 Å². The predicted octanol–water partition coefficient (Wildman–Crippen LogP) is 2.32. The number of amides is 2. The van der Waals surface area contributed by atoms with Gasteiger partial charge in [0, 0.05) is 38.0 Å². The van der Waals surface area contributed by atoms with E-state index in [0.717, 1.165) is 17.5 Å². The van der Waals surface area contributed by atoms with Crippen LogP contribution in [0.3, 0.4) is 0 Å². The topological polar surface area (TPSA) is 82.6 Å². The van der Waals surface area contributed by atoms with Gasteiger partial charge in [-0.25, -0.2) is 4.98 Å². The Hall–Kier alpha value is -3.48. The van der Waals surface area contributed by atoms with Gasteiger partial charge in [0.25, 0.3) is 5.91 Å². The van der Waals surface area contributed by atoms with Crippen LogP contribution in [0.25, 0.3) is 11.1 Å². The average molecular weight is 392 g/mol. The second-order valence-electron chi connectivity index (χ2n) is 7.06. The first kappa shape index (κ1) is 20.3. The molecule has 2 aromatic rings. The van der Waals surface area contributed by atoms with Gasteiger partial charge in [0.1, 0.15) is 17.8 Å². The zero-order chi connectivity index (χ0) is 20.8. The number of carbonyl (C=O) groups excluding carboxylic acids is 3. The third-order valence-electron chi connectivity index (χ3n) is 4.72. The maximum Gasteiger partial charge on any atom is 0.270 e. The van der Waals surface area contributed by atoms with Crippen molar-refractivity contribution < 1.29 is 14.4 Å². The molecular weight excluding hydrogens is 368 g/mol. The van der Waals surface area contributed by atoms with Crippen molar-refractivity contribution in [3.63, 3.8) is 0 Å². The van der Waals surface area contributed by atoms with E-state index < -0.39 is 0 Å². The van der Waals surface area contributed by atoms with Crippen molar-refractivity contribution in [1.29, 1.82) is 0 Å². The number of allylic oxidation sites excluding steroid dienone is 1. The van der Waals surface area contributed by atoms with Gasteiger partial charge in [-0.1, -0.05) is 30.3 Å². The fourth-order valence-electron chi connectivity index (χ4n) is 3.28. The Bertz CT molecular complexity index is 921. The molecule has 1 aliphatic heterocycles. The van der Waals surface area contributed by atoms with E-state index in [1.54, 1.807) is 31.3 Å². The van der Waals surface area contributed by atoms with E-state index in [1.807, 2.05) is 36.4 Å². The number of likely N-dealkylation sites (N-methyl/N-ethyl adjacent to an activating group) is 1. The summed E-state index contributed by atoms with van der Waals surface area (Å²) in [6.07, 6.45) is 3.68. The van der Waals surface area contributed by atoms with Gasteiger partial charge in [0.05, 0.1) is 6.54 Å². The van der Waals surface area contributed by atoms with Crippen LogP contribution in [0.15, 0.2) is 59.9 Å². The van der Waals surface area contributed by atoms with Crippen LogP contribution in [-0.4, -0.2) is 60.1 Å². The summed E-state index contributed by atoms with van der Waals surface area (Å²) in [4.78, 5) is 43.8. The molecular formula is C22H24N4O3. The quantitative estimate of drug-likeness (QED) is 0.763. The number of rotatable bonds is 6. The molecule has 3 rings (SSSR count). The molecule has 0 spiro atoms. The Morgan fingerprint density at radius 2 is 1.90 bits per heavy atom. The molecule has 1 aliphatic rings. The molecule has 7 heteroatoms. The Morgan fingerprint density at radius 1 is 1.14 bits per heavy atom. The fourth-order valence-corrected chi connectivity index (χ4v) is 3.28. The zero-order valence-electron chi connectivity index (χ0n) is 16.6. The summed E-state index contributed by atoms with van der Waals surface area (Å²) in [7, 11) is 3.26. The van der Waals surface area contributed by atoms with Crippen LogP contribution in [0.4, 0.5) is 5.82 Å². The van der Waals surface area contributed by atoms with Crippen LogP contribution in [0.1, 0.15) is 12.8 Å². The van der Waals surface area contributed by atoms with Gasteiger partial charge >= 0.3 is 0 Å². The number of hydrogen-bond donors (Lipinski definition) is 1. The van der Waals surface area contributed by atoms with E-state index in [9.17, 15) is 14.4 Å². The Morgan fingerprint density at radius 3 is 2.52 bits per heavy atom. The molecule has 1 N–H and O–H groups in total. The molecule has 150 valence electrons. The highest BCUT2D eigenvalue weighted by Crippen LogP contribution is 2.23. The van der Waals surface area contributed by atoms with Crippen molar-refractivity contribution in [2.75, 3.05) is 32.5 Å². The van der Waals surface area contributed by atoms with Crippen LogP contribution >= 0.6 is 0 Å². The van der Waals surface area contributed by atoms with Crippen molar-refractivity contribution in [3.8, 4) is 11.1 Å². The maximum atomic E-state index is 12.5. The number of aldehydes is 1. The molecule has 2 heterocycles. The lowest BCUT2D eigenvalue weighted by atomic mass is 10.0. The molecule has 0 unspecified atom stereocenters. The van der Waals surface area contributed by atoms with Crippen molar-refractivity contribution in [2.45, 2.75) is 12.8 Å². The van der Waals surface area contributed by atoms with Gasteiger partial charge in [0.2, 0.25) is 5.91 Å². The van der Waals surface area contributed by atoms with E-state index in [4.69, 9.17) is 0 Å². The Kier molecular flexibility index (Phi) is 6.39. The summed E-state index contributed by atoms with van der Waals surface area (Å²) in [5, 5.41) is 2.76. The minimum Gasteiger partial charge on any atom is -0.357 e. The molecule has 0 aliphatic carbocycles. The first-order valence-electron chi connectivity index (χ1n) is 9.46. The normalized spacial score (nSPS) is 13.8. The minimum absolute atomic E-state index is 0.0195. The summed E-state index contributed by atoms with van der Waals surface area (Å²) < 4.78 is 0.